The van der Waals surface area contributed by atoms with E-state index < -0.39 is 41.0 Å². The van der Waals surface area contributed by atoms with E-state index in [0.29, 0.717) is 25.8 Å². The number of hydrogen-bond acceptors (Lipinski definition) is 7. The van der Waals surface area contributed by atoms with Gasteiger partial charge in [0, 0.05) is 19.2 Å². The molecule has 3 aliphatic rings. The van der Waals surface area contributed by atoms with Crippen molar-refractivity contribution >= 4 is 23.4 Å². The molecule has 2 N–H and O–H groups in total. The minimum atomic E-state index is -5.12. The summed E-state index contributed by atoms with van der Waals surface area (Å²) in [4.78, 5) is 42.4. The number of rotatable bonds is 8. The maximum absolute atomic E-state index is 14.4. The fourth-order valence-electron chi connectivity index (χ4n) is 5.76. The highest BCUT2D eigenvalue weighted by Gasteiger charge is 2.53. The quantitative estimate of drug-likeness (QED) is 0.297. The molecule has 3 aliphatic carbocycles. The number of amides is 2. The lowest BCUT2D eigenvalue weighted by Crippen LogP contribution is -2.50. The Balaban J connectivity index is 1.29. The standard InChI is InChI=1S/C27H26F5N5O5/c1-41-24(40)26-7-4-25(5-8-26,6-9-26)14-34-23(39)19-11-18(36-21-17(29)13-35-37(19)21)22(38)33-12-15-2-3-16(28)20(10-15)42-27(30,31)32/h2-3,10-11,13H,4-9,12,14H2,1H3,(H,33,38)(H,34,39). The van der Waals surface area contributed by atoms with Crippen LogP contribution < -0.4 is 15.4 Å². The molecule has 3 aromatic rings. The van der Waals surface area contributed by atoms with E-state index in [-0.39, 0.29) is 40.5 Å². The monoisotopic (exact) mass is 595 g/mol. The molecular weight excluding hydrogens is 569 g/mol. The van der Waals surface area contributed by atoms with Crippen molar-refractivity contribution in [1.82, 2.24) is 25.2 Å². The van der Waals surface area contributed by atoms with Crippen molar-refractivity contribution in [2.75, 3.05) is 13.7 Å². The molecule has 3 saturated carbocycles. The molecule has 0 aliphatic heterocycles. The van der Waals surface area contributed by atoms with Gasteiger partial charge in [0.15, 0.2) is 23.0 Å². The van der Waals surface area contributed by atoms with Crippen LogP contribution in [-0.4, -0.2) is 52.4 Å². The second kappa shape index (κ2) is 10.8. The Labute approximate surface area is 235 Å². The van der Waals surface area contributed by atoms with Crippen LogP contribution in [0.5, 0.6) is 5.75 Å². The van der Waals surface area contributed by atoms with E-state index in [1.807, 2.05) is 0 Å². The van der Waals surface area contributed by atoms with Crippen molar-refractivity contribution in [2.45, 2.75) is 51.4 Å². The van der Waals surface area contributed by atoms with Gasteiger partial charge >= 0.3 is 12.3 Å². The smallest absolute Gasteiger partial charge is 0.469 e. The average molecular weight is 596 g/mol. The summed E-state index contributed by atoms with van der Waals surface area (Å²) < 4.78 is 75.4. The molecular formula is C27H26F5N5O5. The first-order chi connectivity index (χ1) is 19.8. The van der Waals surface area contributed by atoms with E-state index in [1.54, 1.807) is 0 Å². The first-order valence-electron chi connectivity index (χ1n) is 13.1. The minimum Gasteiger partial charge on any atom is -0.469 e. The molecule has 42 heavy (non-hydrogen) atoms. The normalized spacial score (nSPS) is 21.7. The number of ether oxygens (including phenoxy) is 2. The number of alkyl halides is 3. The molecule has 0 saturated heterocycles. The predicted octanol–water partition coefficient (Wildman–Crippen LogP) is 4.08. The van der Waals surface area contributed by atoms with E-state index in [1.165, 1.54) is 7.11 Å². The molecule has 0 unspecified atom stereocenters. The Morgan fingerprint density at radius 3 is 2.31 bits per heavy atom. The Bertz CT molecular complexity index is 1530. The lowest BCUT2D eigenvalue weighted by atomic mass is 9.53. The van der Waals surface area contributed by atoms with Gasteiger partial charge in [-0.3, -0.25) is 14.4 Å². The van der Waals surface area contributed by atoms with Gasteiger partial charge in [-0.05, 0) is 61.6 Å². The molecule has 224 valence electrons. The van der Waals surface area contributed by atoms with E-state index in [4.69, 9.17) is 4.74 Å². The first kappa shape index (κ1) is 29.2. The molecule has 1 aromatic carbocycles. The number of aromatic nitrogens is 3. The molecule has 0 atom stereocenters. The Morgan fingerprint density at radius 2 is 1.67 bits per heavy atom. The summed E-state index contributed by atoms with van der Waals surface area (Å²) in [7, 11) is 1.38. The van der Waals surface area contributed by atoms with Crippen LogP contribution in [0, 0.1) is 22.5 Å². The third-order valence-corrected chi connectivity index (χ3v) is 8.21. The predicted molar refractivity (Wildman–Crippen MR) is 134 cm³/mol. The molecule has 2 amide bonds. The number of halogens is 5. The van der Waals surface area contributed by atoms with Gasteiger partial charge in [-0.25, -0.2) is 18.3 Å². The van der Waals surface area contributed by atoms with Crippen molar-refractivity contribution < 1.29 is 45.8 Å². The summed E-state index contributed by atoms with van der Waals surface area (Å²) in [6.07, 6.45) is -0.152. The van der Waals surface area contributed by atoms with E-state index in [0.717, 1.165) is 54.2 Å². The van der Waals surface area contributed by atoms with Crippen LogP contribution in [-0.2, 0) is 16.1 Å². The SMILES string of the molecule is COC(=O)C12CCC(CNC(=O)c3cc(C(=O)NCc4ccc(F)c(OC(F)(F)F)c4)nc4c(F)cnn34)(CC1)CC2. The van der Waals surface area contributed by atoms with Crippen molar-refractivity contribution in [3.63, 3.8) is 0 Å². The second-order valence-electron chi connectivity index (χ2n) is 10.7. The van der Waals surface area contributed by atoms with Crippen molar-refractivity contribution in [3.05, 3.63) is 59.0 Å². The number of carbonyl (C=O) groups excluding carboxylic acids is 3. The van der Waals surface area contributed by atoms with E-state index >= 15 is 0 Å². The van der Waals surface area contributed by atoms with Crippen molar-refractivity contribution in [1.29, 1.82) is 0 Å². The lowest BCUT2D eigenvalue weighted by Gasteiger charge is -2.51. The van der Waals surface area contributed by atoms with E-state index in [9.17, 15) is 36.3 Å². The van der Waals surface area contributed by atoms with Gasteiger partial charge in [0.1, 0.15) is 11.4 Å². The molecule has 2 heterocycles. The highest BCUT2D eigenvalue weighted by atomic mass is 19.4. The first-order valence-corrected chi connectivity index (χ1v) is 13.1. The fraction of sp³-hybridized carbons (Fsp3) is 0.444. The van der Waals surface area contributed by atoms with Crippen LogP contribution >= 0.6 is 0 Å². The molecule has 6 rings (SSSR count). The van der Waals surface area contributed by atoms with E-state index in [2.05, 4.69) is 25.5 Å². The van der Waals surface area contributed by atoms with Gasteiger partial charge in [0.25, 0.3) is 11.8 Å². The molecule has 3 fully saturated rings. The van der Waals surface area contributed by atoms with Gasteiger partial charge < -0.3 is 20.1 Å². The van der Waals surface area contributed by atoms with Crippen molar-refractivity contribution in [3.8, 4) is 5.75 Å². The average Bonchev–Trinajstić information content (AvgIpc) is 3.35. The summed E-state index contributed by atoms with van der Waals surface area (Å²) in [5.74, 6) is -4.90. The molecule has 0 spiro atoms. The van der Waals surface area contributed by atoms with Gasteiger partial charge in [-0.1, -0.05) is 6.07 Å². The van der Waals surface area contributed by atoms with Crippen LogP contribution in [0.3, 0.4) is 0 Å². The number of fused-ring (bicyclic) bond motifs is 4. The van der Waals surface area contributed by atoms with Crippen LogP contribution in [0.2, 0.25) is 0 Å². The molecule has 2 bridgehead atoms. The summed E-state index contributed by atoms with van der Waals surface area (Å²) in [5.41, 5.74) is -1.51. The second-order valence-corrected chi connectivity index (χ2v) is 10.7. The Hall–Kier alpha value is -4.30. The zero-order valence-corrected chi connectivity index (χ0v) is 22.3. The van der Waals surface area contributed by atoms with Gasteiger partial charge in [0.2, 0.25) is 0 Å². The number of benzene rings is 1. The minimum absolute atomic E-state index is 0.0778. The number of methoxy groups -OCH3 is 1. The Morgan fingerprint density at radius 1 is 0.976 bits per heavy atom. The number of carbonyl (C=O) groups is 3. The molecule has 10 nitrogen and oxygen atoms in total. The third kappa shape index (κ3) is 5.72. The fourth-order valence-corrected chi connectivity index (χ4v) is 5.76. The maximum Gasteiger partial charge on any atom is 0.573 e. The number of esters is 1. The summed E-state index contributed by atoms with van der Waals surface area (Å²) in [5, 5.41) is 9.12. The maximum atomic E-state index is 14.4. The summed E-state index contributed by atoms with van der Waals surface area (Å²) in [6, 6.07) is 3.80. The third-order valence-electron chi connectivity index (χ3n) is 8.21. The lowest BCUT2D eigenvalue weighted by molar-refractivity contribution is -0.275. The number of nitrogens with zero attached hydrogens (tertiary/aromatic N) is 3. The van der Waals surface area contributed by atoms with Crippen LogP contribution in [0.25, 0.3) is 5.65 Å². The molecule has 2 aromatic heterocycles. The molecule has 0 radical (unpaired) electrons. The van der Waals surface area contributed by atoms with Crippen LogP contribution in [0.15, 0.2) is 30.5 Å². The largest absolute Gasteiger partial charge is 0.573 e. The molecule has 15 heteroatoms. The zero-order valence-electron chi connectivity index (χ0n) is 22.3. The van der Waals surface area contributed by atoms with Gasteiger partial charge in [-0.15, -0.1) is 13.2 Å². The zero-order chi connectivity index (χ0) is 30.3. The van der Waals surface area contributed by atoms with Crippen LogP contribution in [0.1, 0.15) is 65.1 Å². The number of nitrogens with one attached hydrogen (secondary N) is 2. The van der Waals surface area contributed by atoms with Gasteiger partial charge in [-0.2, -0.15) is 5.10 Å². The summed E-state index contributed by atoms with van der Waals surface area (Å²) >= 11 is 0. The topological polar surface area (TPSA) is 124 Å². The van der Waals surface area contributed by atoms with Crippen LogP contribution in [0.4, 0.5) is 22.0 Å². The Kier molecular flexibility index (Phi) is 7.53. The van der Waals surface area contributed by atoms with Gasteiger partial charge in [0.05, 0.1) is 18.7 Å². The summed E-state index contributed by atoms with van der Waals surface area (Å²) in [6.45, 7) is -0.0515. The highest BCUT2D eigenvalue weighted by Crippen LogP contribution is 2.57. The van der Waals surface area contributed by atoms with Crippen molar-refractivity contribution in [2.24, 2.45) is 10.8 Å². The highest BCUT2D eigenvalue weighted by molar-refractivity contribution is 5.98. The number of hydrogen-bond donors (Lipinski definition) is 2.